The molecule has 0 fully saturated rings. The molecule has 8 nitrogen and oxygen atoms in total. The number of amides is 1. The van der Waals surface area contributed by atoms with Crippen LogP contribution in [0.3, 0.4) is 0 Å². The smallest absolute Gasteiger partial charge is 0.361 e. The highest BCUT2D eigenvalue weighted by Gasteiger charge is 2.27. The molecule has 0 saturated heterocycles. The van der Waals surface area contributed by atoms with Crippen LogP contribution in [0.1, 0.15) is 49.7 Å². The maximum atomic E-state index is 13.2. The Hall–Kier alpha value is -3.59. The van der Waals surface area contributed by atoms with E-state index in [1.54, 1.807) is 12.1 Å². The zero-order valence-corrected chi connectivity index (χ0v) is 17.4. The van der Waals surface area contributed by atoms with E-state index >= 15 is 0 Å². The van der Waals surface area contributed by atoms with Crippen LogP contribution in [0.2, 0.25) is 0 Å². The van der Waals surface area contributed by atoms with Crippen LogP contribution >= 0.6 is 11.3 Å². The summed E-state index contributed by atoms with van der Waals surface area (Å²) < 4.78 is 5.02. The second kappa shape index (κ2) is 9.05. The summed E-state index contributed by atoms with van der Waals surface area (Å²) >= 11 is 1.41. The quantitative estimate of drug-likeness (QED) is 0.449. The number of ether oxygens (including phenoxy) is 1. The number of carbonyl (C=O) groups excluding carboxylic acids is 3. The predicted molar refractivity (Wildman–Crippen MR) is 116 cm³/mol. The first-order valence-electron chi connectivity index (χ1n) is 9.82. The van der Waals surface area contributed by atoms with Gasteiger partial charge in [-0.1, -0.05) is 30.3 Å². The molecule has 0 saturated carbocycles. The molecule has 0 radical (unpaired) electrons. The van der Waals surface area contributed by atoms with Gasteiger partial charge in [-0.25, -0.2) is 14.8 Å². The fourth-order valence-corrected chi connectivity index (χ4v) is 4.80. The van der Waals surface area contributed by atoms with Gasteiger partial charge in [0.15, 0.2) is 23.9 Å². The lowest BCUT2D eigenvalue weighted by Gasteiger charge is -2.12. The number of esters is 1. The number of fused-ring (bicyclic) bond motifs is 1. The van der Waals surface area contributed by atoms with Crippen molar-refractivity contribution in [1.82, 2.24) is 9.97 Å². The van der Waals surface area contributed by atoms with Crippen molar-refractivity contribution in [2.75, 3.05) is 17.7 Å². The molecule has 0 aliphatic heterocycles. The van der Waals surface area contributed by atoms with Crippen LogP contribution in [0, 0.1) is 0 Å². The van der Waals surface area contributed by atoms with Gasteiger partial charge in [0.2, 0.25) is 0 Å². The number of nitrogens with zero attached hydrogens (tertiary/aromatic N) is 2. The zero-order chi connectivity index (χ0) is 21.8. The Morgan fingerprint density at radius 2 is 1.81 bits per heavy atom. The highest BCUT2D eigenvalue weighted by Crippen LogP contribution is 2.39. The van der Waals surface area contributed by atoms with Crippen molar-refractivity contribution < 1.29 is 19.1 Å². The number of aromatic nitrogens is 2. The molecule has 0 bridgehead atoms. The maximum Gasteiger partial charge on any atom is 0.361 e. The predicted octanol–water partition coefficient (Wildman–Crippen LogP) is 3.03. The van der Waals surface area contributed by atoms with Gasteiger partial charge in [0, 0.05) is 22.8 Å². The SMILES string of the molecule is Nc1nccnc1C(=O)OCC(=O)Nc1sc2c(c1C(=O)c1ccccc1)CCCC2. The number of ketones is 1. The van der Waals surface area contributed by atoms with Crippen LogP contribution < -0.4 is 11.1 Å². The lowest BCUT2D eigenvalue weighted by molar-refractivity contribution is -0.119. The van der Waals surface area contributed by atoms with Crippen molar-refractivity contribution in [3.05, 3.63) is 70.0 Å². The van der Waals surface area contributed by atoms with E-state index in [0.29, 0.717) is 16.1 Å². The van der Waals surface area contributed by atoms with Crippen LogP contribution in [-0.2, 0) is 22.4 Å². The summed E-state index contributed by atoms with van der Waals surface area (Å²) in [5.74, 6) is -1.59. The Labute approximate surface area is 182 Å². The lowest BCUT2D eigenvalue weighted by Crippen LogP contribution is -2.22. The molecule has 158 valence electrons. The number of thiophene rings is 1. The number of carbonyl (C=O) groups is 3. The second-order valence-corrected chi connectivity index (χ2v) is 8.13. The number of aryl methyl sites for hydroxylation is 1. The monoisotopic (exact) mass is 436 g/mol. The lowest BCUT2D eigenvalue weighted by atomic mass is 9.92. The number of nitrogens with one attached hydrogen (secondary N) is 1. The standard InChI is InChI=1S/C22H20N4O4S/c23-20-18(24-10-11-25-20)22(29)30-12-16(27)26-21-17(14-8-4-5-9-15(14)31-21)19(28)13-6-2-1-3-7-13/h1-3,6-7,10-11H,4-5,8-9,12H2,(H2,23,25)(H,26,27). The minimum absolute atomic E-state index is 0.0745. The first-order chi connectivity index (χ1) is 15.0. The molecule has 31 heavy (non-hydrogen) atoms. The van der Waals surface area contributed by atoms with E-state index in [1.165, 1.54) is 23.7 Å². The van der Waals surface area contributed by atoms with Gasteiger partial charge in [-0.2, -0.15) is 0 Å². The van der Waals surface area contributed by atoms with Crippen LogP contribution in [0.5, 0.6) is 0 Å². The molecule has 3 aromatic rings. The molecular formula is C22H20N4O4S. The summed E-state index contributed by atoms with van der Waals surface area (Å²) in [4.78, 5) is 46.5. The summed E-state index contributed by atoms with van der Waals surface area (Å²) in [5, 5.41) is 3.24. The Balaban J connectivity index is 1.52. The second-order valence-electron chi connectivity index (χ2n) is 7.02. The average molecular weight is 436 g/mol. The topological polar surface area (TPSA) is 124 Å². The highest BCUT2D eigenvalue weighted by atomic mass is 32.1. The number of hydrogen-bond donors (Lipinski definition) is 2. The number of hydrogen-bond acceptors (Lipinski definition) is 8. The Morgan fingerprint density at radius 1 is 1.06 bits per heavy atom. The number of benzene rings is 1. The van der Waals surface area contributed by atoms with E-state index in [-0.39, 0.29) is 17.3 Å². The molecule has 0 unspecified atom stereocenters. The number of anilines is 2. The van der Waals surface area contributed by atoms with Gasteiger partial charge in [0.1, 0.15) is 5.00 Å². The van der Waals surface area contributed by atoms with Crippen LogP contribution in [0.25, 0.3) is 0 Å². The van der Waals surface area contributed by atoms with E-state index < -0.39 is 18.5 Å². The Kier molecular flexibility index (Phi) is 6.03. The molecule has 4 rings (SSSR count). The van der Waals surface area contributed by atoms with Crippen molar-refractivity contribution in [3.8, 4) is 0 Å². The van der Waals surface area contributed by atoms with Crippen LogP contribution in [0.15, 0.2) is 42.7 Å². The molecule has 0 spiro atoms. The summed E-state index contributed by atoms with van der Waals surface area (Å²) in [7, 11) is 0. The van der Waals surface area contributed by atoms with E-state index in [9.17, 15) is 14.4 Å². The van der Waals surface area contributed by atoms with Crippen molar-refractivity contribution >= 4 is 39.8 Å². The summed E-state index contributed by atoms with van der Waals surface area (Å²) in [6.07, 6.45) is 6.40. The third-order valence-electron chi connectivity index (χ3n) is 4.94. The van der Waals surface area contributed by atoms with E-state index in [4.69, 9.17) is 10.5 Å². The molecule has 9 heteroatoms. The molecule has 2 aromatic heterocycles. The van der Waals surface area contributed by atoms with Crippen molar-refractivity contribution in [2.24, 2.45) is 0 Å². The van der Waals surface area contributed by atoms with Gasteiger partial charge in [-0.15, -0.1) is 11.3 Å². The first kappa shape index (κ1) is 20.7. The van der Waals surface area contributed by atoms with Crippen molar-refractivity contribution in [3.63, 3.8) is 0 Å². The first-order valence-corrected chi connectivity index (χ1v) is 10.6. The molecule has 2 heterocycles. The largest absolute Gasteiger partial charge is 0.451 e. The highest BCUT2D eigenvalue weighted by molar-refractivity contribution is 7.17. The fraction of sp³-hybridized carbons (Fsp3) is 0.227. The Morgan fingerprint density at radius 3 is 2.58 bits per heavy atom. The average Bonchev–Trinajstić information content (AvgIpc) is 3.15. The van der Waals surface area contributed by atoms with Crippen LogP contribution in [-0.4, -0.2) is 34.2 Å². The van der Waals surface area contributed by atoms with Gasteiger partial charge >= 0.3 is 5.97 Å². The van der Waals surface area contributed by atoms with Gasteiger partial charge in [0.05, 0.1) is 5.56 Å². The van der Waals surface area contributed by atoms with E-state index in [1.807, 2.05) is 18.2 Å². The summed E-state index contributed by atoms with van der Waals surface area (Å²) in [5.41, 5.74) is 7.55. The third kappa shape index (κ3) is 4.46. The molecule has 0 atom stereocenters. The number of nitrogen functional groups attached to an aromatic ring is 1. The molecular weight excluding hydrogens is 416 g/mol. The van der Waals surface area contributed by atoms with Gasteiger partial charge in [-0.3, -0.25) is 9.59 Å². The maximum absolute atomic E-state index is 13.2. The fourth-order valence-electron chi connectivity index (χ4n) is 3.50. The van der Waals surface area contributed by atoms with Crippen molar-refractivity contribution in [1.29, 1.82) is 0 Å². The van der Waals surface area contributed by atoms with Crippen molar-refractivity contribution in [2.45, 2.75) is 25.7 Å². The number of nitrogens with two attached hydrogens (primary N) is 1. The number of rotatable bonds is 6. The van der Waals surface area contributed by atoms with Crippen LogP contribution in [0.4, 0.5) is 10.8 Å². The minimum atomic E-state index is -0.841. The summed E-state index contributed by atoms with van der Waals surface area (Å²) in [6.45, 7) is -0.531. The van der Waals surface area contributed by atoms with E-state index in [2.05, 4.69) is 15.3 Å². The molecule has 1 amide bonds. The van der Waals surface area contributed by atoms with Gasteiger partial charge in [-0.05, 0) is 31.2 Å². The van der Waals surface area contributed by atoms with E-state index in [0.717, 1.165) is 36.1 Å². The zero-order valence-electron chi connectivity index (χ0n) is 16.6. The van der Waals surface area contributed by atoms with Gasteiger partial charge in [0.25, 0.3) is 5.91 Å². The summed E-state index contributed by atoms with van der Waals surface area (Å²) in [6, 6.07) is 8.98. The Bertz CT molecular complexity index is 1140. The molecule has 1 aromatic carbocycles. The third-order valence-corrected chi connectivity index (χ3v) is 6.15. The molecule has 1 aliphatic rings. The molecule has 1 aliphatic carbocycles. The van der Waals surface area contributed by atoms with Gasteiger partial charge < -0.3 is 15.8 Å². The molecule has 3 N–H and O–H groups in total. The minimum Gasteiger partial charge on any atom is -0.451 e. The normalized spacial score (nSPS) is 12.6.